The molecule has 0 aliphatic heterocycles. The number of amides is 2. The molecule has 2 aromatic carbocycles. The molecule has 0 radical (unpaired) electrons. The second-order valence-electron chi connectivity index (χ2n) is 10.3. The predicted molar refractivity (Wildman–Crippen MR) is 146 cm³/mol. The van der Waals surface area contributed by atoms with Crippen LogP contribution in [0.15, 0.2) is 51.9 Å². The molecular formula is C28H36FN4O5S+. The lowest BCUT2D eigenvalue weighted by molar-refractivity contribution is -0.868. The van der Waals surface area contributed by atoms with Crippen LogP contribution in [0.25, 0.3) is 11.1 Å². The minimum absolute atomic E-state index is 0.0652. The van der Waals surface area contributed by atoms with Crippen molar-refractivity contribution in [2.75, 3.05) is 11.8 Å². The lowest BCUT2D eigenvalue weighted by Gasteiger charge is -2.39. The van der Waals surface area contributed by atoms with Gasteiger partial charge in [-0.3, -0.25) is 9.52 Å². The minimum Gasteiger partial charge on any atom is -0.364 e. The molecule has 0 saturated heterocycles. The van der Waals surface area contributed by atoms with E-state index in [0.29, 0.717) is 23.3 Å². The van der Waals surface area contributed by atoms with Crippen molar-refractivity contribution in [1.82, 2.24) is 5.16 Å². The number of halogens is 1. The highest BCUT2D eigenvalue weighted by atomic mass is 32.2. The van der Waals surface area contributed by atoms with E-state index in [2.05, 4.69) is 9.88 Å². The first-order valence-corrected chi connectivity index (χ1v) is 14.2. The summed E-state index contributed by atoms with van der Waals surface area (Å²) in [6.45, 7) is 8.74. The Hall–Kier alpha value is -3.57. The van der Waals surface area contributed by atoms with Gasteiger partial charge < -0.3 is 10.3 Å². The number of carbonyl (C=O) groups is 2. The smallest absolute Gasteiger partial charge is 0.314 e. The molecule has 11 heteroatoms. The third kappa shape index (κ3) is 6.20. The maximum atomic E-state index is 15.6. The number of anilines is 1. The molecule has 3 rings (SSSR count). The highest BCUT2D eigenvalue weighted by molar-refractivity contribution is 7.92. The topological polar surface area (TPSA) is 132 Å². The predicted octanol–water partition coefficient (Wildman–Crippen LogP) is 4.68. The van der Waals surface area contributed by atoms with Gasteiger partial charge in [-0.25, -0.2) is 22.1 Å². The van der Waals surface area contributed by atoms with E-state index >= 15 is 4.39 Å². The second-order valence-corrected chi connectivity index (χ2v) is 11.9. The van der Waals surface area contributed by atoms with E-state index in [9.17, 15) is 18.0 Å². The van der Waals surface area contributed by atoms with Crippen LogP contribution in [0.5, 0.6) is 0 Å². The fourth-order valence-corrected chi connectivity index (χ4v) is 6.20. The van der Waals surface area contributed by atoms with Crippen molar-refractivity contribution >= 4 is 27.7 Å². The number of carbonyl (C=O) groups excluding carboxylic acids is 2. The highest BCUT2D eigenvalue weighted by Crippen LogP contribution is 2.32. The second kappa shape index (κ2) is 11.7. The molecule has 0 fully saturated rings. The van der Waals surface area contributed by atoms with Crippen LogP contribution in [0.2, 0.25) is 0 Å². The van der Waals surface area contributed by atoms with E-state index < -0.39 is 27.8 Å². The normalized spacial score (nSPS) is 14.2. The molecule has 210 valence electrons. The molecule has 0 spiro atoms. The number of quaternary nitrogens is 1. The van der Waals surface area contributed by atoms with Crippen LogP contribution in [0.4, 0.5) is 10.2 Å². The lowest BCUT2D eigenvalue weighted by atomic mass is 9.96. The Balaban J connectivity index is 2.02. The maximum Gasteiger partial charge on any atom is 0.314 e. The van der Waals surface area contributed by atoms with Gasteiger partial charge in [0, 0.05) is 22.6 Å². The van der Waals surface area contributed by atoms with Crippen LogP contribution >= 0.6 is 0 Å². The van der Waals surface area contributed by atoms with Crippen LogP contribution < -0.4 is 10.5 Å². The molecule has 1 unspecified atom stereocenters. The van der Waals surface area contributed by atoms with Crippen molar-refractivity contribution in [2.45, 2.75) is 64.9 Å². The third-order valence-electron chi connectivity index (χ3n) is 7.00. The van der Waals surface area contributed by atoms with E-state index in [0.717, 1.165) is 0 Å². The number of primary amides is 1. The van der Waals surface area contributed by atoms with Gasteiger partial charge in [0.2, 0.25) is 0 Å². The number of sulfonamides is 1. The first-order valence-electron chi connectivity index (χ1n) is 12.7. The van der Waals surface area contributed by atoms with Gasteiger partial charge in [-0.15, -0.1) is 0 Å². The number of hydrogen-bond donors (Lipinski definition) is 2. The molecule has 1 aromatic heterocycles. The summed E-state index contributed by atoms with van der Waals surface area (Å²) < 4.78 is 49.3. The molecule has 3 aromatic rings. The van der Waals surface area contributed by atoms with Crippen LogP contribution in [0.1, 0.15) is 50.5 Å². The molecule has 0 bridgehead atoms. The number of benzene rings is 2. The number of nitrogens with two attached hydrogens (primary N) is 1. The largest absolute Gasteiger partial charge is 0.364 e. The Morgan fingerprint density at radius 3 is 2.36 bits per heavy atom. The van der Waals surface area contributed by atoms with Gasteiger partial charge in [0.25, 0.3) is 15.9 Å². The van der Waals surface area contributed by atoms with Crippen molar-refractivity contribution in [3.8, 4) is 11.1 Å². The fraction of sp³-hybridized carbons (Fsp3) is 0.393. The Morgan fingerprint density at radius 2 is 1.82 bits per heavy atom. The molecule has 1 heterocycles. The number of nitrogens with zero attached hydrogens (tertiary/aromatic N) is 2. The zero-order chi connectivity index (χ0) is 29.1. The van der Waals surface area contributed by atoms with Gasteiger partial charge in [-0.05, 0) is 44.0 Å². The number of hydrogen-bond acceptors (Lipinski definition) is 6. The molecule has 2 atom stereocenters. The molecule has 2 amide bonds. The van der Waals surface area contributed by atoms with Crippen LogP contribution in [-0.4, -0.2) is 43.0 Å². The summed E-state index contributed by atoms with van der Waals surface area (Å²) in [7, 11) is -2.48. The van der Waals surface area contributed by atoms with Gasteiger partial charge in [-0.1, -0.05) is 50.2 Å². The van der Waals surface area contributed by atoms with Crippen LogP contribution in [0, 0.1) is 25.6 Å². The van der Waals surface area contributed by atoms with Crippen molar-refractivity contribution in [1.29, 1.82) is 0 Å². The zero-order valence-electron chi connectivity index (χ0n) is 23.1. The molecule has 0 aliphatic rings. The average molecular weight is 560 g/mol. The summed E-state index contributed by atoms with van der Waals surface area (Å²) in [5.41, 5.74) is 7.08. The average Bonchev–Trinajstić information content (AvgIpc) is 3.16. The monoisotopic (exact) mass is 559 g/mol. The quantitative estimate of drug-likeness (QED) is 0.328. The zero-order valence-corrected chi connectivity index (χ0v) is 23.9. The molecule has 3 N–H and O–H groups in total. The number of likely N-dealkylation sites (N-methyl/N-ethyl adjacent to an activating group) is 1. The third-order valence-corrected chi connectivity index (χ3v) is 8.40. The molecule has 0 saturated carbocycles. The van der Waals surface area contributed by atoms with Crippen LogP contribution in [-0.2, 0) is 26.2 Å². The van der Waals surface area contributed by atoms with Gasteiger partial charge >= 0.3 is 5.91 Å². The SMILES string of the molecule is CCCC(=O)[N+](C)(Cc1ccc(-c2ccccc2S(=O)(=O)Nc2noc(C)c2C)cc1F)[C@H](C(N)=O)C(C)C. The summed E-state index contributed by atoms with van der Waals surface area (Å²) in [4.78, 5) is 25.5. The maximum absolute atomic E-state index is 15.6. The van der Waals surface area contributed by atoms with Gasteiger partial charge in [-0.2, -0.15) is 0 Å². The molecule has 39 heavy (non-hydrogen) atoms. The van der Waals surface area contributed by atoms with E-state index in [-0.39, 0.29) is 51.1 Å². The highest BCUT2D eigenvalue weighted by Gasteiger charge is 2.45. The van der Waals surface area contributed by atoms with Crippen LogP contribution in [0.3, 0.4) is 0 Å². The van der Waals surface area contributed by atoms with Crippen molar-refractivity contribution in [3.05, 3.63) is 65.2 Å². The molecule has 0 aliphatic carbocycles. The molecule has 9 nitrogen and oxygen atoms in total. The fourth-order valence-electron chi connectivity index (χ4n) is 4.91. The summed E-state index contributed by atoms with van der Waals surface area (Å²) in [5.74, 6) is -1.16. The van der Waals surface area contributed by atoms with Gasteiger partial charge in [0.05, 0.1) is 18.4 Å². The van der Waals surface area contributed by atoms with E-state index in [1.807, 2.05) is 6.92 Å². The van der Waals surface area contributed by atoms with E-state index in [1.54, 1.807) is 59.0 Å². The summed E-state index contributed by atoms with van der Waals surface area (Å²) in [6.07, 6.45) is 0.792. The Bertz CT molecular complexity index is 1480. The number of aryl methyl sites for hydroxylation is 1. The Labute approximate surface area is 228 Å². The van der Waals surface area contributed by atoms with Gasteiger partial charge in [0.15, 0.2) is 11.9 Å². The number of aromatic nitrogens is 1. The first-order chi connectivity index (χ1) is 18.2. The van der Waals surface area contributed by atoms with E-state index in [1.165, 1.54) is 18.2 Å². The molecular weight excluding hydrogens is 523 g/mol. The van der Waals surface area contributed by atoms with Gasteiger partial charge in [0.1, 0.15) is 18.1 Å². The Kier molecular flexibility index (Phi) is 8.97. The summed E-state index contributed by atoms with van der Waals surface area (Å²) in [6, 6.07) is 9.73. The minimum atomic E-state index is -4.10. The number of rotatable bonds is 11. The van der Waals surface area contributed by atoms with Crippen molar-refractivity contribution < 1.29 is 31.4 Å². The first kappa shape index (κ1) is 30.0. The van der Waals surface area contributed by atoms with Crippen molar-refractivity contribution in [3.63, 3.8) is 0 Å². The van der Waals surface area contributed by atoms with E-state index in [4.69, 9.17) is 10.3 Å². The summed E-state index contributed by atoms with van der Waals surface area (Å²) >= 11 is 0. The van der Waals surface area contributed by atoms with Crippen molar-refractivity contribution in [2.24, 2.45) is 11.7 Å². The standard InChI is InChI=1S/C28H35FN4O5S/c1-7-10-25(34)33(6,26(17(2)3)27(30)35)16-21-14-13-20(15-23(21)29)22-11-8-9-12-24(22)39(36,37)32-28-18(4)19(5)38-31-28/h8-9,11-15,17,26H,7,10,16H2,1-6H3,(H2-,30,31,32,35)/p+1/t26-,33?/m0/s1. The summed E-state index contributed by atoms with van der Waals surface area (Å²) in [5, 5.41) is 3.77. The lowest BCUT2D eigenvalue weighted by Crippen LogP contribution is -2.62. The Morgan fingerprint density at radius 1 is 1.15 bits per heavy atom. The number of nitrogens with one attached hydrogen (secondary N) is 1.